The highest BCUT2D eigenvalue weighted by atomic mass is 16.6. The number of nitrogens with zero attached hydrogens (tertiary/aromatic N) is 1. The van der Waals surface area contributed by atoms with Gasteiger partial charge in [-0.2, -0.15) is 0 Å². The molecule has 1 N–H and O–H groups in total. The summed E-state index contributed by atoms with van der Waals surface area (Å²) >= 11 is 0. The molecule has 1 heterocycles. The monoisotopic (exact) mass is 274 g/mol. The number of hydrogen-bond donors (Lipinski definition) is 1. The molecule has 1 saturated heterocycles. The van der Waals surface area contributed by atoms with Gasteiger partial charge in [-0.15, -0.1) is 0 Å². The molecule has 0 unspecified atom stereocenters. The zero-order chi connectivity index (χ0) is 14.9. The van der Waals surface area contributed by atoms with Gasteiger partial charge in [0.15, 0.2) is 0 Å². The Hall–Kier alpha value is -2.50. The van der Waals surface area contributed by atoms with Gasteiger partial charge in [0.2, 0.25) is 5.91 Å². The van der Waals surface area contributed by atoms with E-state index in [4.69, 9.17) is 0 Å². The van der Waals surface area contributed by atoms with Gasteiger partial charge in [0.1, 0.15) is 0 Å². The Morgan fingerprint density at radius 1 is 1.35 bits per heavy atom. The highest BCUT2D eigenvalue weighted by molar-refractivity contribution is 6.15. The predicted molar refractivity (Wildman–Crippen MR) is 72.9 cm³/mol. The second kappa shape index (κ2) is 5.24. The molecule has 0 radical (unpaired) electrons. The number of nitro benzene ring substituents is 1. The number of nitro groups is 1. The summed E-state index contributed by atoms with van der Waals surface area (Å²) in [6, 6.07) is 4.83. The van der Waals surface area contributed by atoms with E-state index in [2.05, 4.69) is 5.32 Å². The molecule has 6 nitrogen and oxygen atoms in total. The first-order valence-electron chi connectivity index (χ1n) is 6.21. The van der Waals surface area contributed by atoms with Gasteiger partial charge in [-0.1, -0.05) is 26.0 Å². The molecule has 1 aliphatic rings. The van der Waals surface area contributed by atoms with Gasteiger partial charge in [-0.3, -0.25) is 25.0 Å². The summed E-state index contributed by atoms with van der Waals surface area (Å²) in [5, 5.41) is 13.3. The van der Waals surface area contributed by atoms with E-state index in [0.29, 0.717) is 16.7 Å². The third-order valence-corrected chi connectivity index (χ3v) is 3.11. The Morgan fingerprint density at radius 2 is 2.05 bits per heavy atom. The molecule has 2 amide bonds. The number of carbonyl (C=O) groups excluding carboxylic acids is 2. The summed E-state index contributed by atoms with van der Waals surface area (Å²) in [5.74, 6) is -0.756. The predicted octanol–water partition coefficient (Wildman–Crippen LogP) is 2.15. The fourth-order valence-corrected chi connectivity index (χ4v) is 2.12. The largest absolute Gasteiger partial charge is 0.292 e. The number of benzene rings is 1. The van der Waals surface area contributed by atoms with Crippen molar-refractivity contribution >= 4 is 23.6 Å². The summed E-state index contributed by atoms with van der Waals surface area (Å²) in [6.07, 6.45) is 1.52. The third-order valence-electron chi connectivity index (χ3n) is 3.11. The average Bonchev–Trinajstić information content (AvgIpc) is 2.67. The number of rotatable bonds is 3. The highest BCUT2D eigenvalue weighted by Gasteiger charge is 2.24. The van der Waals surface area contributed by atoms with Crippen molar-refractivity contribution in [1.29, 1.82) is 0 Å². The number of hydrogen-bond acceptors (Lipinski definition) is 4. The maximum absolute atomic E-state index is 11.4. The maximum atomic E-state index is 11.4. The number of nitrogens with one attached hydrogen (secondary N) is 1. The van der Waals surface area contributed by atoms with Crippen molar-refractivity contribution in [3.63, 3.8) is 0 Å². The van der Waals surface area contributed by atoms with Gasteiger partial charge in [0.05, 0.1) is 11.3 Å². The standard InChI is InChI=1S/C14H14N2O4/c1-8(2)11-4-3-9(6-12(11)16(19)20)5-10-7-13(17)15-14(10)18/h3-6,8H,7H2,1-2H3,(H,15,17,18). The van der Waals surface area contributed by atoms with Crippen molar-refractivity contribution < 1.29 is 14.5 Å². The van der Waals surface area contributed by atoms with E-state index >= 15 is 0 Å². The molecule has 6 heteroatoms. The SMILES string of the molecule is CC(C)c1ccc(C=C2CC(=O)NC2=O)cc1[N+](=O)[O-]. The zero-order valence-corrected chi connectivity index (χ0v) is 11.2. The quantitative estimate of drug-likeness (QED) is 0.396. The first-order valence-corrected chi connectivity index (χ1v) is 6.21. The van der Waals surface area contributed by atoms with Crippen molar-refractivity contribution in [2.45, 2.75) is 26.2 Å². The van der Waals surface area contributed by atoms with E-state index in [-0.39, 0.29) is 23.9 Å². The molecular weight excluding hydrogens is 260 g/mol. The first-order chi connectivity index (χ1) is 9.38. The minimum Gasteiger partial charge on any atom is -0.292 e. The maximum Gasteiger partial charge on any atom is 0.273 e. The fraction of sp³-hybridized carbons (Fsp3) is 0.286. The van der Waals surface area contributed by atoms with Crippen LogP contribution in [0.3, 0.4) is 0 Å². The minimum absolute atomic E-state index is 0.0125. The van der Waals surface area contributed by atoms with Crippen LogP contribution >= 0.6 is 0 Å². The molecule has 0 spiro atoms. The van der Waals surface area contributed by atoms with E-state index in [0.717, 1.165) is 0 Å². The molecule has 0 aromatic heterocycles. The lowest BCUT2D eigenvalue weighted by molar-refractivity contribution is -0.385. The molecule has 1 fully saturated rings. The zero-order valence-electron chi connectivity index (χ0n) is 11.2. The third kappa shape index (κ3) is 2.74. The number of imide groups is 1. The van der Waals surface area contributed by atoms with Crippen LogP contribution in [0.2, 0.25) is 0 Å². The smallest absolute Gasteiger partial charge is 0.273 e. The second-order valence-electron chi connectivity index (χ2n) is 4.95. The summed E-state index contributed by atoms with van der Waals surface area (Å²) < 4.78 is 0. The molecule has 1 aliphatic heterocycles. The van der Waals surface area contributed by atoms with E-state index in [1.165, 1.54) is 12.1 Å². The van der Waals surface area contributed by atoms with Crippen molar-refractivity contribution in [3.05, 3.63) is 45.0 Å². The van der Waals surface area contributed by atoms with Crippen molar-refractivity contribution in [2.24, 2.45) is 0 Å². The van der Waals surface area contributed by atoms with E-state index < -0.39 is 10.8 Å². The van der Waals surface area contributed by atoms with E-state index in [9.17, 15) is 19.7 Å². The van der Waals surface area contributed by atoms with Crippen LogP contribution in [-0.4, -0.2) is 16.7 Å². The lowest BCUT2D eigenvalue weighted by Gasteiger charge is -2.07. The normalized spacial score (nSPS) is 16.9. The molecule has 2 rings (SSSR count). The lowest BCUT2D eigenvalue weighted by Crippen LogP contribution is -2.19. The first kappa shape index (κ1) is 13.9. The van der Waals surface area contributed by atoms with Crippen LogP contribution in [0.25, 0.3) is 6.08 Å². The van der Waals surface area contributed by atoms with Gasteiger partial charge in [0.25, 0.3) is 11.6 Å². The van der Waals surface area contributed by atoms with Crippen molar-refractivity contribution in [2.75, 3.05) is 0 Å². The van der Waals surface area contributed by atoms with Gasteiger partial charge in [-0.05, 0) is 17.6 Å². The van der Waals surface area contributed by atoms with Crippen LogP contribution in [0.4, 0.5) is 5.69 Å². The molecule has 104 valence electrons. The summed E-state index contributed by atoms with van der Waals surface area (Å²) in [6.45, 7) is 3.76. The van der Waals surface area contributed by atoms with Crippen LogP contribution in [0.5, 0.6) is 0 Å². The second-order valence-corrected chi connectivity index (χ2v) is 4.95. The fourth-order valence-electron chi connectivity index (χ4n) is 2.12. The lowest BCUT2D eigenvalue weighted by atomic mass is 9.98. The van der Waals surface area contributed by atoms with Crippen LogP contribution in [0, 0.1) is 10.1 Å². The van der Waals surface area contributed by atoms with Gasteiger partial charge < -0.3 is 0 Å². The summed E-state index contributed by atoms with van der Waals surface area (Å²) in [4.78, 5) is 33.2. The Labute approximate surface area is 115 Å². The van der Waals surface area contributed by atoms with Crippen LogP contribution in [0.15, 0.2) is 23.8 Å². The Balaban J connectivity index is 2.42. The minimum atomic E-state index is -0.439. The molecule has 1 aromatic rings. The van der Waals surface area contributed by atoms with Crippen molar-refractivity contribution in [1.82, 2.24) is 5.32 Å². The van der Waals surface area contributed by atoms with E-state index in [1.807, 2.05) is 13.8 Å². The molecule has 0 atom stereocenters. The Morgan fingerprint density at radius 3 is 2.55 bits per heavy atom. The molecule has 1 aromatic carbocycles. The Bertz CT molecular complexity index is 632. The van der Waals surface area contributed by atoms with Crippen LogP contribution in [0.1, 0.15) is 37.3 Å². The summed E-state index contributed by atoms with van der Waals surface area (Å²) in [5.41, 5.74) is 1.53. The van der Waals surface area contributed by atoms with Crippen LogP contribution < -0.4 is 5.32 Å². The number of carbonyl (C=O) groups is 2. The van der Waals surface area contributed by atoms with Gasteiger partial charge in [0, 0.05) is 17.2 Å². The summed E-state index contributed by atoms with van der Waals surface area (Å²) in [7, 11) is 0. The van der Waals surface area contributed by atoms with Gasteiger partial charge >= 0.3 is 0 Å². The van der Waals surface area contributed by atoms with Crippen molar-refractivity contribution in [3.8, 4) is 0 Å². The Kier molecular flexibility index (Phi) is 3.65. The topological polar surface area (TPSA) is 89.3 Å². The highest BCUT2D eigenvalue weighted by Crippen LogP contribution is 2.28. The molecular formula is C14H14N2O4. The molecule has 0 saturated carbocycles. The van der Waals surface area contributed by atoms with E-state index in [1.54, 1.807) is 12.1 Å². The van der Waals surface area contributed by atoms with Crippen LogP contribution in [-0.2, 0) is 9.59 Å². The average molecular weight is 274 g/mol. The molecule has 0 aliphatic carbocycles. The number of amides is 2. The molecule has 20 heavy (non-hydrogen) atoms. The van der Waals surface area contributed by atoms with Gasteiger partial charge in [-0.25, -0.2) is 0 Å². The molecule has 0 bridgehead atoms.